The van der Waals surface area contributed by atoms with Crippen molar-refractivity contribution in [1.82, 2.24) is 4.90 Å². The minimum Gasteiger partial charge on any atom is -0.465 e. The summed E-state index contributed by atoms with van der Waals surface area (Å²) < 4.78 is 0. The average molecular weight is 205 g/mol. The van der Waals surface area contributed by atoms with E-state index in [0.29, 0.717) is 6.54 Å². The monoisotopic (exact) mass is 205 g/mol. The zero-order valence-corrected chi connectivity index (χ0v) is 8.76. The number of carbonyl (C=O) groups is 1. The molecule has 2 rings (SSSR count). The van der Waals surface area contributed by atoms with E-state index in [-0.39, 0.29) is 12.0 Å². The third kappa shape index (κ3) is 1.82. The molecule has 1 aromatic rings. The molecule has 1 saturated heterocycles. The van der Waals surface area contributed by atoms with Crippen LogP contribution in [0, 0.1) is 0 Å². The summed E-state index contributed by atoms with van der Waals surface area (Å²) in [6.45, 7) is 2.77. The standard InChI is InChI=1S/C12H15NO2/c1-9(10-5-3-2-4-6-10)11-7-8-13(11)12(14)15/h2-6,9,11H,7-8H2,1H3,(H,14,15). The summed E-state index contributed by atoms with van der Waals surface area (Å²) in [6, 6.07) is 10.2. The first-order chi connectivity index (χ1) is 7.20. The van der Waals surface area contributed by atoms with Crippen molar-refractivity contribution in [3.63, 3.8) is 0 Å². The Morgan fingerprint density at radius 2 is 2.13 bits per heavy atom. The second-order valence-corrected chi connectivity index (χ2v) is 4.03. The number of nitrogens with zero attached hydrogens (tertiary/aromatic N) is 1. The first kappa shape index (κ1) is 10.0. The van der Waals surface area contributed by atoms with Gasteiger partial charge in [0.05, 0.1) is 0 Å². The number of benzene rings is 1. The molecule has 3 nitrogen and oxygen atoms in total. The van der Waals surface area contributed by atoms with Crippen LogP contribution in [0.5, 0.6) is 0 Å². The molecule has 0 bridgehead atoms. The SMILES string of the molecule is CC(c1ccccc1)C1CCN1C(=O)O. The maximum atomic E-state index is 10.9. The second kappa shape index (κ2) is 3.93. The van der Waals surface area contributed by atoms with Crippen molar-refractivity contribution < 1.29 is 9.90 Å². The Morgan fingerprint density at radius 3 is 2.60 bits per heavy atom. The topological polar surface area (TPSA) is 40.5 Å². The lowest BCUT2D eigenvalue weighted by Gasteiger charge is -2.42. The smallest absolute Gasteiger partial charge is 0.407 e. The van der Waals surface area contributed by atoms with E-state index in [0.717, 1.165) is 6.42 Å². The van der Waals surface area contributed by atoms with Crippen molar-refractivity contribution in [3.05, 3.63) is 35.9 Å². The summed E-state index contributed by atoms with van der Waals surface area (Å²) >= 11 is 0. The molecule has 1 amide bonds. The van der Waals surface area contributed by atoms with Gasteiger partial charge in [0.25, 0.3) is 0 Å². The Hall–Kier alpha value is -1.51. The van der Waals surface area contributed by atoms with Crippen molar-refractivity contribution >= 4 is 6.09 Å². The number of amides is 1. The quantitative estimate of drug-likeness (QED) is 0.806. The van der Waals surface area contributed by atoms with Crippen LogP contribution in [0.2, 0.25) is 0 Å². The largest absolute Gasteiger partial charge is 0.465 e. The first-order valence-corrected chi connectivity index (χ1v) is 5.24. The summed E-state index contributed by atoms with van der Waals surface area (Å²) in [5.41, 5.74) is 1.22. The first-order valence-electron chi connectivity index (χ1n) is 5.24. The molecular weight excluding hydrogens is 190 g/mol. The lowest BCUT2D eigenvalue weighted by Crippen LogP contribution is -2.52. The minimum atomic E-state index is -0.797. The number of hydrogen-bond donors (Lipinski definition) is 1. The van der Waals surface area contributed by atoms with Gasteiger partial charge >= 0.3 is 6.09 Å². The van der Waals surface area contributed by atoms with E-state index in [1.165, 1.54) is 10.5 Å². The van der Waals surface area contributed by atoms with Crippen LogP contribution in [-0.4, -0.2) is 28.7 Å². The molecule has 3 heteroatoms. The number of hydrogen-bond acceptors (Lipinski definition) is 1. The lowest BCUT2D eigenvalue weighted by atomic mass is 9.86. The van der Waals surface area contributed by atoms with Gasteiger partial charge in [0, 0.05) is 18.5 Å². The molecule has 1 aliphatic rings. The van der Waals surface area contributed by atoms with Gasteiger partial charge in [-0.15, -0.1) is 0 Å². The van der Waals surface area contributed by atoms with Gasteiger partial charge in [-0.25, -0.2) is 4.79 Å². The number of rotatable bonds is 2. The molecule has 1 N–H and O–H groups in total. The van der Waals surface area contributed by atoms with Gasteiger partial charge in [0.15, 0.2) is 0 Å². The minimum absolute atomic E-state index is 0.157. The molecule has 1 heterocycles. The maximum Gasteiger partial charge on any atom is 0.407 e. The van der Waals surface area contributed by atoms with Gasteiger partial charge in [-0.05, 0) is 12.0 Å². The molecule has 80 valence electrons. The molecule has 0 spiro atoms. The molecule has 1 fully saturated rings. The highest BCUT2D eigenvalue weighted by Crippen LogP contribution is 2.31. The van der Waals surface area contributed by atoms with E-state index in [4.69, 9.17) is 5.11 Å². The summed E-state index contributed by atoms with van der Waals surface area (Å²) in [6.07, 6.45) is 0.177. The average Bonchev–Trinajstić information content (AvgIpc) is 2.16. The summed E-state index contributed by atoms with van der Waals surface area (Å²) in [5.74, 6) is 0.288. The van der Waals surface area contributed by atoms with Crippen molar-refractivity contribution in [1.29, 1.82) is 0 Å². The predicted molar refractivity (Wildman–Crippen MR) is 58.0 cm³/mol. The Kier molecular flexibility index (Phi) is 2.62. The van der Waals surface area contributed by atoms with Crippen molar-refractivity contribution in [2.24, 2.45) is 0 Å². The van der Waals surface area contributed by atoms with Crippen LogP contribution in [0.15, 0.2) is 30.3 Å². The maximum absolute atomic E-state index is 10.9. The zero-order chi connectivity index (χ0) is 10.8. The fourth-order valence-electron chi connectivity index (χ4n) is 2.14. The highest BCUT2D eigenvalue weighted by molar-refractivity contribution is 5.66. The van der Waals surface area contributed by atoms with Gasteiger partial charge in [-0.1, -0.05) is 37.3 Å². The van der Waals surface area contributed by atoms with Crippen molar-refractivity contribution in [2.45, 2.75) is 25.3 Å². The lowest BCUT2D eigenvalue weighted by molar-refractivity contribution is 0.0650. The van der Waals surface area contributed by atoms with E-state index < -0.39 is 6.09 Å². The Morgan fingerprint density at radius 1 is 1.47 bits per heavy atom. The Bertz CT molecular complexity index is 350. The molecular formula is C12H15NO2. The molecule has 1 aliphatic heterocycles. The van der Waals surface area contributed by atoms with Crippen molar-refractivity contribution in [3.8, 4) is 0 Å². The molecule has 0 saturated carbocycles. The summed E-state index contributed by atoms with van der Waals surface area (Å²) in [5, 5.41) is 8.93. The van der Waals surface area contributed by atoms with Crippen LogP contribution in [-0.2, 0) is 0 Å². The van der Waals surface area contributed by atoms with Crippen molar-refractivity contribution in [2.75, 3.05) is 6.54 Å². The summed E-state index contributed by atoms with van der Waals surface area (Å²) in [7, 11) is 0. The van der Waals surface area contributed by atoms with Gasteiger partial charge in [0.1, 0.15) is 0 Å². The second-order valence-electron chi connectivity index (χ2n) is 4.03. The van der Waals surface area contributed by atoms with E-state index in [1.54, 1.807) is 0 Å². The molecule has 0 radical (unpaired) electrons. The molecule has 2 unspecified atom stereocenters. The van der Waals surface area contributed by atoms with Crippen LogP contribution in [0.3, 0.4) is 0 Å². The highest BCUT2D eigenvalue weighted by Gasteiger charge is 2.36. The third-order valence-electron chi connectivity index (χ3n) is 3.21. The van der Waals surface area contributed by atoms with Crippen LogP contribution < -0.4 is 0 Å². The van der Waals surface area contributed by atoms with Crippen LogP contribution in [0.1, 0.15) is 24.8 Å². The van der Waals surface area contributed by atoms with Crippen LogP contribution in [0.25, 0.3) is 0 Å². The van der Waals surface area contributed by atoms with Gasteiger partial charge in [-0.3, -0.25) is 0 Å². The van der Waals surface area contributed by atoms with Gasteiger partial charge in [-0.2, -0.15) is 0 Å². The zero-order valence-electron chi connectivity index (χ0n) is 8.76. The number of carboxylic acid groups (broad SMARTS) is 1. The fraction of sp³-hybridized carbons (Fsp3) is 0.417. The van der Waals surface area contributed by atoms with E-state index >= 15 is 0 Å². The molecule has 15 heavy (non-hydrogen) atoms. The Labute approximate surface area is 89.3 Å². The van der Waals surface area contributed by atoms with Gasteiger partial charge in [0.2, 0.25) is 0 Å². The molecule has 1 aromatic carbocycles. The van der Waals surface area contributed by atoms with Crippen LogP contribution in [0.4, 0.5) is 4.79 Å². The fourth-order valence-corrected chi connectivity index (χ4v) is 2.14. The predicted octanol–water partition coefficient (Wildman–Crippen LogP) is 2.54. The molecule has 0 aromatic heterocycles. The van der Waals surface area contributed by atoms with Crippen LogP contribution >= 0.6 is 0 Å². The summed E-state index contributed by atoms with van der Waals surface area (Å²) in [4.78, 5) is 12.4. The third-order valence-corrected chi connectivity index (χ3v) is 3.21. The van der Waals surface area contributed by atoms with E-state index in [1.807, 2.05) is 18.2 Å². The molecule has 0 aliphatic carbocycles. The van der Waals surface area contributed by atoms with E-state index in [2.05, 4.69) is 19.1 Å². The van der Waals surface area contributed by atoms with E-state index in [9.17, 15) is 4.79 Å². The highest BCUT2D eigenvalue weighted by atomic mass is 16.4. The van der Waals surface area contributed by atoms with Gasteiger partial charge < -0.3 is 10.0 Å². The normalized spacial score (nSPS) is 21.9. The Balaban J connectivity index is 2.09. The number of likely N-dealkylation sites (tertiary alicyclic amines) is 1. The molecule has 2 atom stereocenters.